The Labute approximate surface area is 102 Å². The molecule has 1 aliphatic carbocycles. The van der Waals surface area contributed by atoms with Crippen molar-refractivity contribution in [3.63, 3.8) is 0 Å². The third-order valence-corrected chi connectivity index (χ3v) is 2.78. The van der Waals surface area contributed by atoms with Gasteiger partial charge in [0.15, 0.2) is 0 Å². The number of amides is 1. The summed E-state index contributed by atoms with van der Waals surface area (Å²) in [4.78, 5) is 13.8. The third-order valence-electron chi connectivity index (χ3n) is 2.78. The van der Waals surface area contributed by atoms with Crippen molar-refractivity contribution in [2.24, 2.45) is 0 Å². The van der Waals surface area contributed by atoms with E-state index in [-0.39, 0.29) is 5.91 Å². The molecule has 0 atom stereocenters. The summed E-state index contributed by atoms with van der Waals surface area (Å²) < 4.78 is 0. The number of benzene rings is 1. The summed E-state index contributed by atoms with van der Waals surface area (Å²) >= 11 is 0. The number of nitrogens with one attached hydrogen (secondary N) is 1. The highest BCUT2D eigenvalue weighted by molar-refractivity contribution is 5.81. The molecule has 0 radical (unpaired) electrons. The van der Waals surface area contributed by atoms with Crippen molar-refractivity contribution in [2.45, 2.75) is 18.9 Å². The Bertz CT molecular complexity index is 418. The Kier molecular flexibility index (Phi) is 3.66. The summed E-state index contributed by atoms with van der Waals surface area (Å²) in [5, 5.41) is 2.70. The maximum Gasteiger partial charge on any atom is 0.240 e. The first-order chi connectivity index (χ1) is 8.31. The molecule has 88 valence electrons. The van der Waals surface area contributed by atoms with Crippen LogP contribution in [-0.4, -0.2) is 25.0 Å². The zero-order valence-electron chi connectivity index (χ0n) is 9.73. The predicted octanol–water partition coefficient (Wildman–Crippen LogP) is 1.40. The molecule has 3 nitrogen and oxygen atoms in total. The van der Waals surface area contributed by atoms with Gasteiger partial charge in [-0.15, -0.1) is 6.42 Å². The van der Waals surface area contributed by atoms with E-state index < -0.39 is 0 Å². The molecule has 17 heavy (non-hydrogen) atoms. The van der Waals surface area contributed by atoms with Crippen LogP contribution >= 0.6 is 0 Å². The minimum atomic E-state index is -0.0151. The van der Waals surface area contributed by atoms with Gasteiger partial charge in [-0.3, -0.25) is 4.79 Å². The number of anilines is 1. The second kappa shape index (κ2) is 5.40. The van der Waals surface area contributed by atoms with Crippen molar-refractivity contribution in [1.82, 2.24) is 5.32 Å². The minimum absolute atomic E-state index is 0.0151. The third kappa shape index (κ3) is 3.25. The molecule has 0 saturated heterocycles. The molecule has 1 fully saturated rings. The molecule has 1 N–H and O–H groups in total. The number of hydrogen-bond donors (Lipinski definition) is 1. The highest BCUT2D eigenvalue weighted by atomic mass is 16.2. The largest absolute Gasteiger partial charge is 0.359 e. The second-order valence-corrected chi connectivity index (χ2v) is 4.18. The molecule has 0 aliphatic heterocycles. The lowest BCUT2D eigenvalue weighted by atomic mass is 10.2. The van der Waals surface area contributed by atoms with Crippen molar-refractivity contribution < 1.29 is 4.79 Å². The standard InChI is InChI=1S/C14H16N2O/c1-2-10-15-14(17)11-16(13-8-9-13)12-6-4-3-5-7-12/h1,3-7,13H,8-11H2,(H,15,17). The highest BCUT2D eigenvalue weighted by Gasteiger charge is 2.30. The van der Waals surface area contributed by atoms with Crippen LogP contribution in [0, 0.1) is 12.3 Å². The number of terminal acetylenes is 1. The second-order valence-electron chi connectivity index (χ2n) is 4.18. The average molecular weight is 228 g/mol. The van der Waals surface area contributed by atoms with Gasteiger partial charge in [0, 0.05) is 11.7 Å². The van der Waals surface area contributed by atoms with Crippen molar-refractivity contribution in [1.29, 1.82) is 0 Å². The van der Waals surface area contributed by atoms with Gasteiger partial charge in [0.2, 0.25) is 5.91 Å². The van der Waals surface area contributed by atoms with Gasteiger partial charge in [-0.2, -0.15) is 0 Å². The molecular formula is C14H16N2O. The summed E-state index contributed by atoms with van der Waals surface area (Å²) in [5.41, 5.74) is 1.10. The van der Waals surface area contributed by atoms with Crippen LogP contribution in [-0.2, 0) is 4.79 Å². The van der Waals surface area contributed by atoms with E-state index >= 15 is 0 Å². The lowest BCUT2D eigenvalue weighted by Gasteiger charge is -2.23. The van der Waals surface area contributed by atoms with Crippen LogP contribution in [0.25, 0.3) is 0 Å². The first-order valence-corrected chi connectivity index (χ1v) is 5.83. The molecule has 0 unspecified atom stereocenters. The molecule has 1 amide bonds. The smallest absolute Gasteiger partial charge is 0.240 e. The Morgan fingerprint density at radius 1 is 1.41 bits per heavy atom. The van der Waals surface area contributed by atoms with E-state index in [1.165, 1.54) is 0 Å². The van der Waals surface area contributed by atoms with Crippen LogP contribution in [0.15, 0.2) is 30.3 Å². The van der Waals surface area contributed by atoms with Gasteiger partial charge < -0.3 is 10.2 Å². The van der Waals surface area contributed by atoms with Gasteiger partial charge in [-0.1, -0.05) is 24.1 Å². The van der Waals surface area contributed by atoms with Crippen LogP contribution in [0.2, 0.25) is 0 Å². The molecule has 0 spiro atoms. The van der Waals surface area contributed by atoms with Gasteiger partial charge in [-0.25, -0.2) is 0 Å². The Morgan fingerprint density at radius 2 is 2.12 bits per heavy atom. The molecule has 1 aliphatic rings. The SMILES string of the molecule is C#CCNC(=O)CN(c1ccccc1)C1CC1. The van der Waals surface area contributed by atoms with Gasteiger partial charge in [0.25, 0.3) is 0 Å². The van der Waals surface area contributed by atoms with E-state index in [2.05, 4.69) is 16.1 Å². The first kappa shape index (κ1) is 11.5. The molecule has 1 saturated carbocycles. The summed E-state index contributed by atoms with van der Waals surface area (Å²) in [5.74, 6) is 2.39. The van der Waals surface area contributed by atoms with Gasteiger partial charge in [0.1, 0.15) is 0 Å². The monoisotopic (exact) mass is 228 g/mol. The lowest BCUT2D eigenvalue weighted by Crippen LogP contribution is -2.38. The van der Waals surface area contributed by atoms with Gasteiger partial charge in [-0.05, 0) is 25.0 Å². The van der Waals surface area contributed by atoms with Crippen molar-refractivity contribution >= 4 is 11.6 Å². The van der Waals surface area contributed by atoms with Gasteiger partial charge >= 0.3 is 0 Å². The van der Waals surface area contributed by atoms with Crippen molar-refractivity contribution in [3.05, 3.63) is 30.3 Å². The lowest BCUT2D eigenvalue weighted by molar-refractivity contribution is -0.119. The fraction of sp³-hybridized carbons (Fsp3) is 0.357. The van der Waals surface area contributed by atoms with E-state index in [1.54, 1.807) is 0 Å². The topological polar surface area (TPSA) is 32.3 Å². The number of para-hydroxylation sites is 1. The zero-order valence-corrected chi connectivity index (χ0v) is 9.73. The van der Waals surface area contributed by atoms with E-state index in [0.29, 0.717) is 19.1 Å². The first-order valence-electron chi connectivity index (χ1n) is 5.83. The molecule has 0 bridgehead atoms. The van der Waals surface area contributed by atoms with E-state index in [1.807, 2.05) is 30.3 Å². The quantitative estimate of drug-likeness (QED) is 0.773. The minimum Gasteiger partial charge on any atom is -0.359 e. The van der Waals surface area contributed by atoms with Crippen LogP contribution in [0.5, 0.6) is 0 Å². The Balaban J connectivity index is 1.99. The van der Waals surface area contributed by atoms with E-state index in [9.17, 15) is 4.79 Å². The maximum atomic E-state index is 11.7. The summed E-state index contributed by atoms with van der Waals surface area (Å²) in [6.07, 6.45) is 7.44. The molecular weight excluding hydrogens is 212 g/mol. The average Bonchev–Trinajstić information content (AvgIpc) is 3.19. The fourth-order valence-corrected chi connectivity index (χ4v) is 1.80. The number of carbonyl (C=O) groups is 1. The van der Waals surface area contributed by atoms with Crippen LogP contribution in [0.4, 0.5) is 5.69 Å². The van der Waals surface area contributed by atoms with Crippen LogP contribution in [0.3, 0.4) is 0 Å². The van der Waals surface area contributed by atoms with Crippen molar-refractivity contribution in [3.8, 4) is 12.3 Å². The van der Waals surface area contributed by atoms with Crippen molar-refractivity contribution in [2.75, 3.05) is 18.0 Å². The molecule has 3 heteroatoms. The zero-order chi connectivity index (χ0) is 12.1. The van der Waals surface area contributed by atoms with E-state index in [0.717, 1.165) is 18.5 Å². The Hall–Kier alpha value is -1.95. The molecule has 1 aromatic carbocycles. The Morgan fingerprint density at radius 3 is 2.71 bits per heavy atom. The molecule has 0 aromatic heterocycles. The predicted molar refractivity (Wildman–Crippen MR) is 68.7 cm³/mol. The summed E-state index contributed by atoms with van der Waals surface area (Å²) in [6.45, 7) is 0.683. The molecule has 2 rings (SSSR count). The maximum absolute atomic E-state index is 11.7. The molecule has 1 aromatic rings. The number of rotatable bonds is 5. The van der Waals surface area contributed by atoms with E-state index in [4.69, 9.17) is 6.42 Å². The van der Waals surface area contributed by atoms with Crippen LogP contribution < -0.4 is 10.2 Å². The number of carbonyl (C=O) groups excluding carboxylic acids is 1. The number of nitrogens with zero attached hydrogens (tertiary/aromatic N) is 1. The van der Waals surface area contributed by atoms with Gasteiger partial charge in [0.05, 0.1) is 13.1 Å². The van der Waals surface area contributed by atoms with Crippen LogP contribution in [0.1, 0.15) is 12.8 Å². The summed E-state index contributed by atoms with van der Waals surface area (Å²) in [6, 6.07) is 10.5. The molecule has 0 heterocycles. The fourth-order valence-electron chi connectivity index (χ4n) is 1.80. The summed E-state index contributed by atoms with van der Waals surface area (Å²) in [7, 11) is 0. The highest BCUT2D eigenvalue weighted by Crippen LogP contribution is 2.31. The number of hydrogen-bond acceptors (Lipinski definition) is 2. The normalized spacial score (nSPS) is 13.8.